The first-order valence-electron chi connectivity index (χ1n) is 7.30. The van der Waals surface area contributed by atoms with Crippen molar-refractivity contribution in [1.82, 2.24) is 10.6 Å². The van der Waals surface area contributed by atoms with Crippen molar-refractivity contribution >= 4 is 41.7 Å². The van der Waals surface area contributed by atoms with Crippen molar-refractivity contribution in [2.24, 2.45) is 4.99 Å². The molecule has 1 aliphatic rings. The highest BCUT2D eigenvalue weighted by molar-refractivity contribution is 14.0. The summed E-state index contributed by atoms with van der Waals surface area (Å²) in [6, 6.07) is 8.45. The van der Waals surface area contributed by atoms with Crippen LogP contribution in [0.1, 0.15) is 31.9 Å². The SMILES string of the molecule is CN=C(NCC(C)(C)SC)NC1CCOc2ccccc21.I. The summed E-state index contributed by atoms with van der Waals surface area (Å²) < 4.78 is 5.88. The first-order chi connectivity index (χ1) is 10.1. The second-order valence-electron chi connectivity index (χ2n) is 5.76. The Morgan fingerprint density at radius 3 is 2.82 bits per heavy atom. The molecular weight excluding hydrogens is 409 g/mol. The van der Waals surface area contributed by atoms with Gasteiger partial charge in [-0.1, -0.05) is 18.2 Å². The highest BCUT2D eigenvalue weighted by atomic mass is 127. The van der Waals surface area contributed by atoms with Gasteiger partial charge in [0.15, 0.2) is 5.96 Å². The summed E-state index contributed by atoms with van der Waals surface area (Å²) in [5, 5.41) is 6.92. The van der Waals surface area contributed by atoms with Crippen molar-refractivity contribution in [3.05, 3.63) is 29.8 Å². The number of ether oxygens (including phenoxy) is 1. The average Bonchev–Trinajstić information content (AvgIpc) is 2.51. The van der Waals surface area contributed by atoms with E-state index in [4.69, 9.17) is 4.74 Å². The van der Waals surface area contributed by atoms with Crippen molar-refractivity contribution in [2.75, 3.05) is 26.5 Å². The third-order valence-corrected chi connectivity index (χ3v) is 4.98. The van der Waals surface area contributed by atoms with Crippen molar-refractivity contribution in [3.63, 3.8) is 0 Å². The Bertz CT molecular complexity index is 508. The molecule has 1 aromatic rings. The summed E-state index contributed by atoms with van der Waals surface area (Å²) in [6.07, 6.45) is 3.08. The fourth-order valence-corrected chi connectivity index (χ4v) is 2.44. The number of thioether (sulfide) groups is 1. The molecule has 2 N–H and O–H groups in total. The molecule has 0 fully saturated rings. The topological polar surface area (TPSA) is 45.7 Å². The lowest BCUT2D eigenvalue weighted by atomic mass is 10.0. The predicted octanol–water partition coefficient (Wildman–Crippen LogP) is 3.43. The molecule has 4 nitrogen and oxygen atoms in total. The van der Waals surface area contributed by atoms with Crippen LogP contribution in [0.25, 0.3) is 0 Å². The Hall–Kier alpha value is -0.630. The standard InChI is InChI=1S/C16H25N3OS.HI/c1-16(2,21-4)11-18-15(17-3)19-13-9-10-20-14-8-6-5-7-12(13)14;/h5-8,13H,9-11H2,1-4H3,(H2,17,18,19);1H. The van der Waals surface area contributed by atoms with Crippen molar-refractivity contribution in [3.8, 4) is 5.75 Å². The van der Waals surface area contributed by atoms with Gasteiger partial charge in [-0.15, -0.1) is 24.0 Å². The van der Waals surface area contributed by atoms with E-state index in [9.17, 15) is 0 Å². The Balaban J connectivity index is 0.00000242. The summed E-state index contributed by atoms with van der Waals surface area (Å²) in [5.41, 5.74) is 1.20. The fraction of sp³-hybridized carbons (Fsp3) is 0.562. The predicted molar refractivity (Wildman–Crippen MR) is 107 cm³/mol. The molecule has 0 amide bonds. The van der Waals surface area contributed by atoms with Crippen LogP contribution in [-0.4, -0.2) is 37.2 Å². The zero-order chi connectivity index (χ0) is 15.3. The third-order valence-electron chi connectivity index (χ3n) is 3.73. The van der Waals surface area contributed by atoms with Crippen LogP contribution in [0, 0.1) is 0 Å². The van der Waals surface area contributed by atoms with Gasteiger partial charge in [0.05, 0.1) is 12.6 Å². The Kier molecular flexibility index (Phi) is 7.82. The molecule has 0 bridgehead atoms. The molecule has 1 aromatic carbocycles. The first kappa shape index (κ1) is 19.4. The maximum absolute atomic E-state index is 5.70. The molecule has 1 unspecified atom stereocenters. The van der Waals surface area contributed by atoms with Gasteiger partial charge in [0.25, 0.3) is 0 Å². The number of guanidine groups is 1. The molecule has 1 atom stereocenters. The van der Waals surface area contributed by atoms with Gasteiger partial charge in [-0.05, 0) is 26.2 Å². The summed E-state index contributed by atoms with van der Waals surface area (Å²) in [7, 11) is 1.81. The van der Waals surface area contributed by atoms with E-state index in [-0.39, 0.29) is 34.8 Å². The van der Waals surface area contributed by atoms with Crippen LogP contribution in [0.5, 0.6) is 5.75 Å². The largest absolute Gasteiger partial charge is 0.493 e. The molecule has 0 aliphatic carbocycles. The number of nitrogens with one attached hydrogen (secondary N) is 2. The van der Waals surface area contributed by atoms with Gasteiger partial charge in [0.1, 0.15) is 5.75 Å². The zero-order valence-corrected chi connectivity index (χ0v) is 16.8. The number of fused-ring (bicyclic) bond motifs is 1. The van der Waals surface area contributed by atoms with Gasteiger partial charge >= 0.3 is 0 Å². The molecule has 0 spiro atoms. The molecule has 0 saturated carbocycles. The van der Waals surface area contributed by atoms with Gasteiger partial charge in [-0.2, -0.15) is 11.8 Å². The monoisotopic (exact) mass is 435 g/mol. The lowest BCUT2D eigenvalue weighted by molar-refractivity contribution is 0.261. The van der Waals surface area contributed by atoms with E-state index in [1.807, 2.05) is 30.9 Å². The quantitative estimate of drug-likeness (QED) is 0.432. The van der Waals surface area contributed by atoms with Crippen LogP contribution in [0.2, 0.25) is 0 Å². The molecule has 0 radical (unpaired) electrons. The number of hydrogen-bond donors (Lipinski definition) is 2. The van der Waals surface area contributed by atoms with E-state index in [1.54, 1.807) is 0 Å². The van der Waals surface area contributed by atoms with E-state index in [2.05, 4.69) is 47.9 Å². The van der Waals surface area contributed by atoms with Crippen LogP contribution in [0.4, 0.5) is 0 Å². The zero-order valence-electron chi connectivity index (χ0n) is 13.7. The number of halogens is 1. The number of benzene rings is 1. The maximum atomic E-state index is 5.70. The average molecular weight is 435 g/mol. The number of para-hydroxylation sites is 1. The molecule has 2 rings (SSSR count). The van der Waals surface area contributed by atoms with Crippen LogP contribution in [0.3, 0.4) is 0 Å². The Morgan fingerprint density at radius 2 is 2.14 bits per heavy atom. The fourth-order valence-electron chi connectivity index (χ4n) is 2.22. The van der Waals surface area contributed by atoms with E-state index in [1.165, 1.54) is 5.56 Å². The highest BCUT2D eigenvalue weighted by Gasteiger charge is 2.22. The summed E-state index contributed by atoms with van der Waals surface area (Å²) >= 11 is 1.85. The summed E-state index contributed by atoms with van der Waals surface area (Å²) in [6.45, 7) is 6.06. The van der Waals surface area contributed by atoms with Crippen LogP contribution >= 0.6 is 35.7 Å². The van der Waals surface area contributed by atoms with Crippen molar-refractivity contribution in [1.29, 1.82) is 0 Å². The molecule has 0 saturated heterocycles. The Labute approximate surface area is 154 Å². The second-order valence-corrected chi connectivity index (χ2v) is 7.27. The number of nitrogens with zero attached hydrogens (tertiary/aromatic N) is 1. The minimum Gasteiger partial charge on any atom is -0.493 e. The number of aliphatic imine (C=N–C) groups is 1. The van der Waals surface area contributed by atoms with E-state index < -0.39 is 0 Å². The lowest BCUT2D eigenvalue weighted by Gasteiger charge is -2.29. The Morgan fingerprint density at radius 1 is 1.41 bits per heavy atom. The van der Waals surface area contributed by atoms with Crippen LogP contribution in [0.15, 0.2) is 29.3 Å². The van der Waals surface area contributed by atoms with Gasteiger partial charge in [0.2, 0.25) is 0 Å². The third kappa shape index (κ3) is 5.22. The lowest BCUT2D eigenvalue weighted by Crippen LogP contribution is -2.45. The highest BCUT2D eigenvalue weighted by Crippen LogP contribution is 2.31. The molecule has 124 valence electrons. The molecule has 0 aromatic heterocycles. The summed E-state index contributed by atoms with van der Waals surface area (Å²) in [4.78, 5) is 4.34. The normalized spacial score (nSPS) is 17.8. The first-order valence-corrected chi connectivity index (χ1v) is 8.52. The maximum Gasteiger partial charge on any atom is 0.191 e. The number of hydrogen-bond acceptors (Lipinski definition) is 3. The minimum atomic E-state index is 0. The molecule has 1 aliphatic heterocycles. The van der Waals surface area contributed by atoms with Gasteiger partial charge in [-0.3, -0.25) is 4.99 Å². The molecule has 6 heteroatoms. The molecule has 1 heterocycles. The molecular formula is C16H26IN3OS. The van der Waals surface area contributed by atoms with E-state index in [0.29, 0.717) is 0 Å². The summed E-state index contributed by atoms with van der Waals surface area (Å²) in [5.74, 6) is 1.82. The van der Waals surface area contributed by atoms with Gasteiger partial charge in [0, 0.05) is 30.3 Å². The van der Waals surface area contributed by atoms with Crippen molar-refractivity contribution < 1.29 is 4.74 Å². The van der Waals surface area contributed by atoms with Crippen LogP contribution in [-0.2, 0) is 0 Å². The smallest absolute Gasteiger partial charge is 0.191 e. The van der Waals surface area contributed by atoms with Gasteiger partial charge < -0.3 is 15.4 Å². The minimum absolute atomic E-state index is 0. The molecule has 22 heavy (non-hydrogen) atoms. The van der Waals surface area contributed by atoms with E-state index >= 15 is 0 Å². The second kappa shape index (κ2) is 8.86. The number of rotatable bonds is 4. The van der Waals surface area contributed by atoms with E-state index in [0.717, 1.165) is 31.3 Å². The van der Waals surface area contributed by atoms with Gasteiger partial charge in [-0.25, -0.2) is 0 Å². The van der Waals surface area contributed by atoms with Crippen molar-refractivity contribution in [2.45, 2.75) is 31.1 Å². The van der Waals surface area contributed by atoms with Crippen LogP contribution < -0.4 is 15.4 Å².